The highest BCUT2D eigenvalue weighted by Gasteiger charge is 2.47. The molecular weight excluding hydrogens is 492 g/mol. The zero-order chi connectivity index (χ0) is 25.2. The predicted molar refractivity (Wildman–Crippen MR) is 130 cm³/mol. The quantitative estimate of drug-likeness (QED) is 0.448. The van der Waals surface area contributed by atoms with Gasteiger partial charge in [0.25, 0.3) is 0 Å². The number of aromatic nitrogens is 4. The van der Waals surface area contributed by atoms with Crippen LogP contribution in [0.1, 0.15) is 54.7 Å². The van der Waals surface area contributed by atoms with Crippen molar-refractivity contribution in [2.24, 2.45) is 17.8 Å². The van der Waals surface area contributed by atoms with Crippen LogP contribution in [-0.4, -0.2) is 38.3 Å². The van der Waals surface area contributed by atoms with E-state index in [2.05, 4.69) is 32.7 Å². The molecular formula is C25H28F4N6S. The molecule has 2 aromatic heterocycles. The van der Waals surface area contributed by atoms with E-state index in [1.165, 1.54) is 11.1 Å². The topological polar surface area (TPSA) is 58.9 Å². The minimum atomic E-state index is -4.74. The lowest BCUT2D eigenvalue weighted by atomic mass is 9.90. The molecule has 11 heteroatoms. The summed E-state index contributed by atoms with van der Waals surface area (Å²) in [6, 6.07) is 5.66. The fourth-order valence-electron chi connectivity index (χ4n) is 6.35. The number of nitrogens with one attached hydrogen (secondary N) is 1. The van der Waals surface area contributed by atoms with Gasteiger partial charge in [0.05, 0.1) is 11.3 Å². The molecule has 1 N–H and O–H groups in total. The third-order valence-corrected chi connectivity index (χ3v) is 9.00. The summed E-state index contributed by atoms with van der Waals surface area (Å²) in [6.45, 7) is 6.88. The van der Waals surface area contributed by atoms with Crippen molar-refractivity contribution in [1.29, 1.82) is 0 Å². The molecule has 1 aromatic carbocycles. The van der Waals surface area contributed by atoms with Crippen molar-refractivity contribution in [3.63, 3.8) is 0 Å². The van der Waals surface area contributed by atoms with E-state index in [9.17, 15) is 17.6 Å². The van der Waals surface area contributed by atoms with E-state index >= 15 is 0 Å². The smallest absolute Gasteiger partial charge is 0.361 e. The number of halogens is 4. The zero-order valence-electron chi connectivity index (χ0n) is 20.1. The summed E-state index contributed by atoms with van der Waals surface area (Å²) >= 11 is 1.55. The first-order valence-corrected chi connectivity index (χ1v) is 13.2. The van der Waals surface area contributed by atoms with Crippen molar-refractivity contribution in [2.75, 3.05) is 23.3 Å². The number of hydrogen-bond donors (Lipinski definition) is 1. The van der Waals surface area contributed by atoms with Gasteiger partial charge in [-0.3, -0.25) is 0 Å². The molecule has 4 heterocycles. The molecule has 2 bridgehead atoms. The lowest BCUT2D eigenvalue weighted by Gasteiger charge is -2.39. The first-order valence-electron chi connectivity index (χ1n) is 12.4. The molecule has 1 saturated heterocycles. The van der Waals surface area contributed by atoms with Crippen LogP contribution in [0.2, 0.25) is 0 Å². The van der Waals surface area contributed by atoms with Gasteiger partial charge in [-0.2, -0.15) is 22.5 Å². The summed E-state index contributed by atoms with van der Waals surface area (Å²) < 4.78 is 60.1. The number of fused-ring (bicyclic) bond motifs is 3. The van der Waals surface area contributed by atoms with Gasteiger partial charge < -0.3 is 10.2 Å². The molecule has 36 heavy (non-hydrogen) atoms. The van der Waals surface area contributed by atoms with E-state index in [0.717, 1.165) is 43.8 Å². The summed E-state index contributed by atoms with van der Waals surface area (Å²) in [5, 5.41) is 9.50. The lowest BCUT2D eigenvalue weighted by molar-refractivity contribution is -0.140. The number of anilines is 2. The average molecular weight is 521 g/mol. The zero-order valence-corrected chi connectivity index (χ0v) is 20.9. The van der Waals surface area contributed by atoms with Gasteiger partial charge in [0.2, 0.25) is 5.95 Å². The predicted octanol–water partition coefficient (Wildman–Crippen LogP) is 5.70. The molecule has 6 nitrogen and oxygen atoms in total. The van der Waals surface area contributed by atoms with Gasteiger partial charge in [0.1, 0.15) is 16.6 Å². The Morgan fingerprint density at radius 1 is 1.17 bits per heavy atom. The Hall–Kier alpha value is -2.69. The van der Waals surface area contributed by atoms with Gasteiger partial charge in [-0.25, -0.2) is 9.07 Å². The molecule has 3 aliphatic rings. The van der Waals surface area contributed by atoms with Crippen molar-refractivity contribution in [2.45, 2.75) is 57.8 Å². The van der Waals surface area contributed by atoms with Crippen LogP contribution in [0.5, 0.6) is 0 Å². The Labute approximate surface area is 210 Å². The van der Waals surface area contributed by atoms with Crippen LogP contribution in [0.25, 0.3) is 0 Å². The van der Waals surface area contributed by atoms with E-state index in [1.54, 1.807) is 16.2 Å². The second-order valence-corrected chi connectivity index (χ2v) is 11.3. The Kier molecular flexibility index (Phi) is 5.73. The number of alkyl halides is 3. The molecule has 192 valence electrons. The van der Waals surface area contributed by atoms with E-state index in [0.29, 0.717) is 48.1 Å². The van der Waals surface area contributed by atoms with E-state index in [-0.39, 0.29) is 12.0 Å². The summed E-state index contributed by atoms with van der Waals surface area (Å²) in [6.07, 6.45) is -2.19. The summed E-state index contributed by atoms with van der Waals surface area (Å²) in [5.41, 5.74) is 0.232. The molecule has 2 unspecified atom stereocenters. The largest absolute Gasteiger partial charge is 0.419 e. The van der Waals surface area contributed by atoms with Gasteiger partial charge in [-0.15, -0.1) is 5.10 Å². The fraction of sp³-hybridized carbons (Fsp3) is 0.560. The normalized spacial score (nSPS) is 27.8. The number of hydrogen-bond acceptors (Lipinski definition) is 6. The van der Waals surface area contributed by atoms with Crippen LogP contribution in [0.15, 0.2) is 24.3 Å². The number of piperidine rings is 1. The van der Waals surface area contributed by atoms with Gasteiger partial charge in [-0.05, 0) is 79.2 Å². The molecule has 0 amide bonds. The van der Waals surface area contributed by atoms with E-state index < -0.39 is 17.6 Å². The van der Waals surface area contributed by atoms with Gasteiger partial charge >= 0.3 is 6.18 Å². The molecule has 1 aliphatic carbocycles. The second-order valence-electron chi connectivity index (χ2n) is 10.5. The van der Waals surface area contributed by atoms with Crippen molar-refractivity contribution in [3.8, 4) is 0 Å². The van der Waals surface area contributed by atoms with Crippen LogP contribution in [0, 0.1) is 30.5 Å². The molecule has 1 saturated carbocycles. The number of aryl methyl sites for hydroxylation is 2. The third kappa shape index (κ3) is 4.14. The first kappa shape index (κ1) is 23.7. The SMILES string of the molecule is Cc1cc(N2C[C@@H]3CC(C)[C@H](C2)[C@H]3Nc2nc3n(n2)CCCC3c2ccc(F)c(C(F)(F)F)c2)sn1. The second kappa shape index (κ2) is 8.71. The maximum atomic E-state index is 13.9. The summed E-state index contributed by atoms with van der Waals surface area (Å²) in [5.74, 6) is 1.02. The molecule has 6 rings (SSSR count). The molecule has 2 aliphatic heterocycles. The monoisotopic (exact) mass is 520 g/mol. The Morgan fingerprint density at radius 2 is 2.00 bits per heavy atom. The standard InChI is InChI=1S/C25H28F4N6S/c1-13-8-16-11-34(21-9-14(2)33-36-21)12-18(13)22(16)30-24-31-23-17(4-3-7-35(23)32-24)15-5-6-20(26)19(10-15)25(27,28)29/h5-6,9-10,13,16-18,22H,3-4,7-8,11-12H2,1-2H3,(H,30,32)/t13?,16-,17?,18-,22-/m0/s1. The number of rotatable bonds is 4. The maximum Gasteiger partial charge on any atom is 0.419 e. The minimum absolute atomic E-state index is 0.246. The highest BCUT2D eigenvalue weighted by Crippen LogP contribution is 2.44. The van der Waals surface area contributed by atoms with E-state index in [1.807, 2.05) is 6.92 Å². The fourth-order valence-corrected chi connectivity index (χ4v) is 7.13. The maximum absolute atomic E-state index is 13.9. The number of benzene rings is 1. The lowest BCUT2D eigenvalue weighted by Crippen LogP contribution is -2.48. The van der Waals surface area contributed by atoms with Crippen LogP contribution in [-0.2, 0) is 12.7 Å². The van der Waals surface area contributed by atoms with Crippen LogP contribution in [0.4, 0.5) is 28.5 Å². The minimum Gasteiger partial charge on any atom is -0.361 e. The van der Waals surface area contributed by atoms with E-state index in [4.69, 9.17) is 4.98 Å². The Bertz CT molecular complexity index is 1270. The van der Waals surface area contributed by atoms with Crippen molar-refractivity contribution < 1.29 is 17.6 Å². The van der Waals surface area contributed by atoms with Crippen molar-refractivity contribution >= 4 is 22.5 Å². The first-order chi connectivity index (χ1) is 17.2. The van der Waals surface area contributed by atoms with Crippen LogP contribution in [0.3, 0.4) is 0 Å². The van der Waals surface area contributed by atoms with Crippen LogP contribution < -0.4 is 10.2 Å². The van der Waals surface area contributed by atoms with Gasteiger partial charge in [0.15, 0.2) is 0 Å². The van der Waals surface area contributed by atoms with Crippen molar-refractivity contribution in [1.82, 2.24) is 19.1 Å². The van der Waals surface area contributed by atoms with Gasteiger partial charge in [0, 0.05) is 31.6 Å². The molecule has 5 atom stereocenters. The van der Waals surface area contributed by atoms with Gasteiger partial charge in [-0.1, -0.05) is 13.0 Å². The molecule has 2 fully saturated rings. The van der Waals surface area contributed by atoms with Crippen molar-refractivity contribution in [3.05, 3.63) is 52.7 Å². The average Bonchev–Trinajstić information content (AvgIpc) is 3.48. The third-order valence-electron chi connectivity index (χ3n) is 8.06. The highest BCUT2D eigenvalue weighted by atomic mass is 32.1. The van der Waals surface area contributed by atoms with Crippen LogP contribution >= 0.6 is 11.5 Å². The summed E-state index contributed by atoms with van der Waals surface area (Å²) in [7, 11) is 0. The summed E-state index contributed by atoms with van der Waals surface area (Å²) in [4.78, 5) is 7.20. The molecule has 0 radical (unpaired) electrons. The Balaban J connectivity index is 1.24. The highest BCUT2D eigenvalue weighted by molar-refractivity contribution is 7.10. The number of nitrogens with zero attached hydrogens (tertiary/aromatic N) is 5. The molecule has 3 aromatic rings. The molecule has 0 spiro atoms. The Morgan fingerprint density at radius 3 is 2.72 bits per heavy atom.